The Hall–Kier alpha value is -0.810. The van der Waals surface area contributed by atoms with Gasteiger partial charge in [-0.1, -0.05) is 25.2 Å². The number of hydrogen-bond acceptors (Lipinski definition) is 3. The van der Waals surface area contributed by atoms with E-state index in [0.29, 0.717) is 10.2 Å². The Morgan fingerprint density at radius 1 is 1.60 bits per heavy atom. The highest BCUT2D eigenvalue weighted by Gasteiger charge is 2.09. The van der Waals surface area contributed by atoms with Crippen LogP contribution in [0.3, 0.4) is 0 Å². The highest BCUT2D eigenvalue weighted by Crippen LogP contribution is 2.17. The summed E-state index contributed by atoms with van der Waals surface area (Å²) in [5.41, 5.74) is 0. The quantitative estimate of drug-likeness (QED) is 0.648. The predicted molar refractivity (Wildman–Crippen MR) is 70.0 cm³/mol. The van der Waals surface area contributed by atoms with E-state index in [1.54, 1.807) is 13.2 Å². The number of thiocarbonyl (C=S) groups is 1. The Labute approximate surface area is 101 Å². The van der Waals surface area contributed by atoms with Crippen LogP contribution in [0.25, 0.3) is 0 Å². The lowest BCUT2D eigenvalue weighted by molar-refractivity contribution is 0.398. The summed E-state index contributed by atoms with van der Waals surface area (Å²) < 4.78 is 5.58. The second-order valence-corrected chi connectivity index (χ2v) is 4.09. The molecule has 82 valence electrons. The minimum absolute atomic E-state index is 0.526. The van der Waals surface area contributed by atoms with Gasteiger partial charge in [-0.25, -0.2) is 0 Å². The minimum atomic E-state index is 0.526. The highest BCUT2D eigenvalue weighted by atomic mass is 32.1. The van der Waals surface area contributed by atoms with Gasteiger partial charge >= 0.3 is 0 Å². The maximum absolute atomic E-state index is 5.06. The normalized spacial score (nSPS) is 9.80. The fraction of sp³-hybridized carbons (Fsp3) is 0.400. The van der Waals surface area contributed by atoms with Crippen molar-refractivity contribution in [2.75, 3.05) is 18.6 Å². The van der Waals surface area contributed by atoms with E-state index < -0.39 is 0 Å². The third-order valence-corrected chi connectivity index (χ3v) is 2.33. The van der Waals surface area contributed by atoms with Crippen LogP contribution >= 0.6 is 24.8 Å². The topological polar surface area (TPSA) is 25.4 Å². The molecule has 0 saturated carbocycles. The predicted octanol–water partition coefficient (Wildman–Crippen LogP) is 2.52. The molecule has 0 unspecified atom stereocenters. The average Bonchev–Trinajstić information content (AvgIpc) is 2.25. The zero-order valence-corrected chi connectivity index (χ0v) is 10.5. The maximum Gasteiger partial charge on any atom is 0.214 e. The molecule has 0 bridgehead atoms. The molecule has 1 aromatic rings. The minimum Gasteiger partial charge on any atom is -0.481 e. The molecular formula is C10H14N2OS2. The smallest absolute Gasteiger partial charge is 0.214 e. The van der Waals surface area contributed by atoms with Crippen LogP contribution in [0.1, 0.15) is 13.3 Å². The molecule has 0 spiro atoms. The molecule has 0 fully saturated rings. The SMILES string of the molecule is CCCN(C(=S)S)c1cccc(OC)n1. The fourth-order valence-electron chi connectivity index (χ4n) is 1.20. The van der Waals surface area contributed by atoms with Crippen LogP contribution in [0, 0.1) is 0 Å². The number of ether oxygens (including phenoxy) is 1. The Kier molecular flexibility index (Phi) is 4.84. The van der Waals surface area contributed by atoms with E-state index in [-0.39, 0.29) is 0 Å². The van der Waals surface area contributed by atoms with E-state index in [9.17, 15) is 0 Å². The highest BCUT2D eigenvalue weighted by molar-refractivity contribution is 8.11. The summed E-state index contributed by atoms with van der Waals surface area (Å²) in [6.07, 6.45) is 0.986. The lowest BCUT2D eigenvalue weighted by Gasteiger charge is -2.20. The zero-order chi connectivity index (χ0) is 11.3. The molecule has 0 radical (unpaired) electrons. The molecule has 1 rings (SSSR count). The van der Waals surface area contributed by atoms with Gasteiger partial charge < -0.3 is 9.64 Å². The molecule has 0 aliphatic rings. The van der Waals surface area contributed by atoms with Gasteiger partial charge in [-0.05, 0) is 12.5 Å². The average molecular weight is 242 g/mol. The summed E-state index contributed by atoms with van der Waals surface area (Å²) in [6, 6.07) is 5.58. The van der Waals surface area contributed by atoms with E-state index in [2.05, 4.69) is 24.5 Å². The van der Waals surface area contributed by atoms with Crippen molar-refractivity contribution < 1.29 is 4.74 Å². The Morgan fingerprint density at radius 3 is 2.87 bits per heavy atom. The number of methoxy groups -OCH3 is 1. The van der Waals surface area contributed by atoms with Gasteiger partial charge in [0.05, 0.1) is 7.11 Å². The van der Waals surface area contributed by atoms with Crippen molar-refractivity contribution in [3.05, 3.63) is 18.2 Å². The number of hydrogen-bond donors (Lipinski definition) is 1. The lowest BCUT2D eigenvalue weighted by Crippen LogP contribution is -2.27. The standard InChI is InChI=1S/C10H14N2OS2/c1-3-7-12(10(14)15)8-5-4-6-9(11-8)13-2/h4-6H,3,7H2,1-2H3,(H,14,15). The van der Waals surface area contributed by atoms with Crippen molar-refractivity contribution in [1.29, 1.82) is 0 Å². The van der Waals surface area contributed by atoms with E-state index in [0.717, 1.165) is 18.8 Å². The number of nitrogens with zero attached hydrogens (tertiary/aromatic N) is 2. The van der Waals surface area contributed by atoms with Crippen molar-refractivity contribution in [1.82, 2.24) is 4.98 Å². The van der Waals surface area contributed by atoms with Crippen LogP contribution in [-0.4, -0.2) is 23.0 Å². The van der Waals surface area contributed by atoms with Gasteiger partial charge in [-0.3, -0.25) is 0 Å². The molecule has 15 heavy (non-hydrogen) atoms. The van der Waals surface area contributed by atoms with E-state index in [1.807, 2.05) is 17.0 Å². The van der Waals surface area contributed by atoms with Crippen molar-refractivity contribution in [3.8, 4) is 5.88 Å². The van der Waals surface area contributed by atoms with Gasteiger partial charge in [0.15, 0.2) is 0 Å². The molecule has 0 atom stereocenters. The second-order valence-electron chi connectivity index (χ2n) is 2.97. The van der Waals surface area contributed by atoms with Gasteiger partial charge in [-0.15, -0.1) is 12.6 Å². The third kappa shape index (κ3) is 3.35. The number of pyridine rings is 1. The molecule has 1 heterocycles. The summed E-state index contributed by atoms with van der Waals surface area (Å²) in [5, 5.41) is 0. The second kappa shape index (κ2) is 5.92. The van der Waals surface area contributed by atoms with Crippen molar-refractivity contribution in [2.24, 2.45) is 0 Å². The van der Waals surface area contributed by atoms with Crippen LogP contribution < -0.4 is 9.64 Å². The van der Waals surface area contributed by atoms with Crippen LogP contribution in [-0.2, 0) is 0 Å². The van der Waals surface area contributed by atoms with E-state index in [4.69, 9.17) is 17.0 Å². The largest absolute Gasteiger partial charge is 0.481 e. The van der Waals surface area contributed by atoms with E-state index in [1.165, 1.54) is 0 Å². The molecule has 3 nitrogen and oxygen atoms in total. The Balaban J connectivity index is 2.94. The van der Waals surface area contributed by atoms with Crippen LogP contribution in [0.5, 0.6) is 5.88 Å². The van der Waals surface area contributed by atoms with Crippen LogP contribution in [0.15, 0.2) is 18.2 Å². The van der Waals surface area contributed by atoms with Gasteiger partial charge in [0.25, 0.3) is 0 Å². The van der Waals surface area contributed by atoms with Crippen molar-refractivity contribution in [2.45, 2.75) is 13.3 Å². The number of thiol groups is 1. The number of rotatable bonds is 4. The van der Waals surface area contributed by atoms with Gasteiger partial charge in [-0.2, -0.15) is 4.98 Å². The number of aromatic nitrogens is 1. The summed E-state index contributed by atoms with van der Waals surface area (Å²) in [6.45, 7) is 2.89. The molecule has 5 heteroatoms. The number of anilines is 1. The molecule has 0 saturated heterocycles. The van der Waals surface area contributed by atoms with Gasteiger partial charge in [0, 0.05) is 12.6 Å². The third-order valence-electron chi connectivity index (χ3n) is 1.87. The first-order chi connectivity index (χ1) is 7.19. The molecule has 0 amide bonds. The maximum atomic E-state index is 5.06. The lowest BCUT2D eigenvalue weighted by atomic mass is 10.4. The summed E-state index contributed by atoms with van der Waals surface area (Å²) in [4.78, 5) is 6.17. The van der Waals surface area contributed by atoms with E-state index >= 15 is 0 Å². The van der Waals surface area contributed by atoms with Crippen molar-refractivity contribution in [3.63, 3.8) is 0 Å². The van der Waals surface area contributed by atoms with Gasteiger partial charge in [0.1, 0.15) is 10.1 Å². The molecular weight excluding hydrogens is 228 g/mol. The monoisotopic (exact) mass is 242 g/mol. The van der Waals surface area contributed by atoms with Crippen LogP contribution in [0.2, 0.25) is 0 Å². The summed E-state index contributed by atoms with van der Waals surface area (Å²) in [7, 11) is 1.59. The fourth-order valence-corrected chi connectivity index (χ4v) is 1.59. The van der Waals surface area contributed by atoms with Crippen LogP contribution in [0.4, 0.5) is 5.82 Å². The summed E-state index contributed by atoms with van der Waals surface area (Å²) >= 11 is 9.23. The molecule has 0 aromatic carbocycles. The molecule has 0 aliphatic heterocycles. The first-order valence-corrected chi connectivity index (χ1v) is 5.56. The molecule has 0 aliphatic carbocycles. The first-order valence-electron chi connectivity index (χ1n) is 4.70. The zero-order valence-electron chi connectivity index (χ0n) is 8.80. The first kappa shape index (κ1) is 12.3. The summed E-state index contributed by atoms with van der Waals surface area (Å²) in [5.74, 6) is 1.36. The Morgan fingerprint density at radius 2 is 2.33 bits per heavy atom. The Bertz CT molecular complexity index is 344. The molecule has 1 aromatic heterocycles. The molecule has 0 N–H and O–H groups in total. The van der Waals surface area contributed by atoms with Gasteiger partial charge in [0.2, 0.25) is 5.88 Å². The van der Waals surface area contributed by atoms with Crippen molar-refractivity contribution >= 4 is 35.0 Å².